The quantitative estimate of drug-likeness (QED) is 0.746. The van der Waals surface area contributed by atoms with Gasteiger partial charge in [0, 0.05) is 61.7 Å². The third kappa shape index (κ3) is 4.95. The molecule has 0 bridgehead atoms. The van der Waals surface area contributed by atoms with Crippen LogP contribution in [0.15, 0.2) is 48.5 Å². The van der Waals surface area contributed by atoms with Crippen molar-refractivity contribution in [2.75, 3.05) is 50.8 Å². The summed E-state index contributed by atoms with van der Waals surface area (Å²) in [5, 5.41) is 0.748. The average molecular weight is 387 g/mol. The van der Waals surface area contributed by atoms with E-state index in [9.17, 15) is 0 Å². The summed E-state index contributed by atoms with van der Waals surface area (Å²) in [5.41, 5.74) is 2.24. The molecule has 2 fully saturated rings. The van der Waals surface area contributed by atoms with Crippen LogP contribution in [0.5, 0.6) is 5.75 Å². The van der Waals surface area contributed by atoms with Gasteiger partial charge in [-0.25, -0.2) is 0 Å². The number of benzene rings is 2. The van der Waals surface area contributed by atoms with E-state index in [4.69, 9.17) is 21.1 Å². The van der Waals surface area contributed by atoms with Gasteiger partial charge < -0.3 is 14.4 Å². The molecule has 0 aromatic heterocycles. The molecule has 0 amide bonds. The molecule has 1 unspecified atom stereocenters. The van der Waals surface area contributed by atoms with Crippen LogP contribution in [0.4, 0.5) is 5.69 Å². The van der Waals surface area contributed by atoms with Crippen LogP contribution >= 0.6 is 11.6 Å². The molecule has 2 heterocycles. The molecule has 2 aromatic carbocycles. The Morgan fingerprint density at radius 1 is 1.04 bits per heavy atom. The van der Waals surface area contributed by atoms with Gasteiger partial charge in [0.15, 0.2) is 0 Å². The highest BCUT2D eigenvalue weighted by Gasteiger charge is 2.23. The zero-order chi connectivity index (χ0) is 18.5. The van der Waals surface area contributed by atoms with Crippen molar-refractivity contribution in [3.05, 3.63) is 59.1 Å². The number of hydrogen-bond acceptors (Lipinski definition) is 4. The zero-order valence-corrected chi connectivity index (χ0v) is 16.4. The number of halogens is 1. The Kier molecular flexibility index (Phi) is 6.17. The van der Waals surface area contributed by atoms with Crippen molar-refractivity contribution in [2.45, 2.75) is 13.0 Å². The lowest BCUT2D eigenvalue weighted by Gasteiger charge is -2.37. The van der Waals surface area contributed by atoms with E-state index in [0.29, 0.717) is 6.61 Å². The molecule has 27 heavy (non-hydrogen) atoms. The van der Waals surface area contributed by atoms with Crippen molar-refractivity contribution in [2.24, 2.45) is 5.92 Å². The average Bonchev–Trinajstić information content (AvgIpc) is 3.21. The van der Waals surface area contributed by atoms with E-state index in [-0.39, 0.29) is 0 Å². The monoisotopic (exact) mass is 386 g/mol. The van der Waals surface area contributed by atoms with Gasteiger partial charge in [-0.3, -0.25) is 4.90 Å². The van der Waals surface area contributed by atoms with Gasteiger partial charge in [-0.15, -0.1) is 0 Å². The number of anilines is 1. The SMILES string of the molecule is Clc1ccccc1COc1cccc(N2CCN(CC3CCOC3)CC2)c1. The summed E-state index contributed by atoms with van der Waals surface area (Å²) in [7, 11) is 0. The van der Waals surface area contributed by atoms with Gasteiger partial charge in [-0.2, -0.15) is 0 Å². The maximum absolute atomic E-state index is 6.22. The summed E-state index contributed by atoms with van der Waals surface area (Å²) in [4.78, 5) is 5.03. The van der Waals surface area contributed by atoms with Crippen LogP contribution in [-0.4, -0.2) is 50.8 Å². The number of nitrogens with zero attached hydrogens (tertiary/aromatic N) is 2. The van der Waals surface area contributed by atoms with Gasteiger partial charge in [-0.1, -0.05) is 35.9 Å². The van der Waals surface area contributed by atoms with E-state index in [2.05, 4.69) is 28.0 Å². The van der Waals surface area contributed by atoms with E-state index < -0.39 is 0 Å². The fourth-order valence-corrected chi connectivity index (χ4v) is 4.02. The third-order valence-electron chi connectivity index (χ3n) is 5.45. The predicted molar refractivity (Wildman–Crippen MR) is 110 cm³/mol. The lowest BCUT2D eigenvalue weighted by Crippen LogP contribution is -2.47. The molecule has 2 saturated heterocycles. The summed E-state index contributed by atoms with van der Waals surface area (Å²) in [6.45, 7) is 7.87. The largest absolute Gasteiger partial charge is 0.489 e. The molecule has 5 heteroatoms. The first kappa shape index (κ1) is 18.6. The molecule has 2 aliphatic heterocycles. The Morgan fingerprint density at radius 3 is 2.67 bits per heavy atom. The number of piperazine rings is 1. The van der Waals surface area contributed by atoms with Crippen molar-refractivity contribution in [1.82, 2.24) is 4.90 Å². The molecule has 1 atom stereocenters. The Morgan fingerprint density at radius 2 is 1.89 bits per heavy atom. The van der Waals surface area contributed by atoms with Crippen LogP contribution in [-0.2, 0) is 11.3 Å². The summed E-state index contributed by atoms with van der Waals surface area (Å²) in [5.74, 6) is 1.61. The molecule has 0 radical (unpaired) electrons. The van der Waals surface area contributed by atoms with Crippen LogP contribution in [0.2, 0.25) is 5.02 Å². The van der Waals surface area contributed by atoms with E-state index in [0.717, 1.165) is 61.6 Å². The first-order valence-corrected chi connectivity index (χ1v) is 10.2. The standard InChI is InChI=1S/C22H27ClN2O2/c23-22-7-2-1-4-19(22)17-27-21-6-3-5-20(14-21)25-11-9-24(10-12-25)15-18-8-13-26-16-18/h1-7,14,18H,8-13,15-17H2. The van der Waals surface area contributed by atoms with Crippen LogP contribution < -0.4 is 9.64 Å². The number of ether oxygens (including phenoxy) is 2. The summed E-state index contributed by atoms with van der Waals surface area (Å²) >= 11 is 6.22. The van der Waals surface area contributed by atoms with Crippen LogP contribution in [0.25, 0.3) is 0 Å². The lowest BCUT2D eigenvalue weighted by atomic mass is 10.1. The third-order valence-corrected chi connectivity index (χ3v) is 5.82. The Balaban J connectivity index is 1.31. The van der Waals surface area contributed by atoms with Crippen LogP contribution in [0.3, 0.4) is 0 Å². The highest BCUT2D eigenvalue weighted by Crippen LogP contribution is 2.25. The normalized spacial score (nSPS) is 20.8. The minimum Gasteiger partial charge on any atom is -0.489 e. The highest BCUT2D eigenvalue weighted by atomic mass is 35.5. The lowest BCUT2D eigenvalue weighted by molar-refractivity contribution is 0.164. The van der Waals surface area contributed by atoms with E-state index >= 15 is 0 Å². The van der Waals surface area contributed by atoms with Gasteiger partial charge in [0.1, 0.15) is 12.4 Å². The molecule has 144 valence electrons. The molecule has 2 aromatic rings. The summed E-state index contributed by atoms with van der Waals surface area (Å²) in [6, 6.07) is 16.2. The molecule has 4 rings (SSSR count). The van der Waals surface area contributed by atoms with E-state index in [1.54, 1.807) is 0 Å². The van der Waals surface area contributed by atoms with Gasteiger partial charge >= 0.3 is 0 Å². The minimum absolute atomic E-state index is 0.486. The second-order valence-corrected chi connectivity index (χ2v) is 7.80. The first-order valence-electron chi connectivity index (χ1n) is 9.79. The van der Waals surface area contributed by atoms with Gasteiger partial charge in [-0.05, 0) is 30.5 Å². The van der Waals surface area contributed by atoms with Crippen molar-refractivity contribution in [3.8, 4) is 5.75 Å². The predicted octanol–water partition coefficient (Wildman–Crippen LogP) is 4.08. The van der Waals surface area contributed by atoms with Crippen molar-refractivity contribution in [3.63, 3.8) is 0 Å². The van der Waals surface area contributed by atoms with Crippen molar-refractivity contribution in [1.29, 1.82) is 0 Å². The maximum Gasteiger partial charge on any atom is 0.121 e. The maximum atomic E-state index is 6.22. The molecule has 0 N–H and O–H groups in total. The smallest absolute Gasteiger partial charge is 0.121 e. The first-order chi connectivity index (χ1) is 13.3. The zero-order valence-electron chi connectivity index (χ0n) is 15.6. The highest BCUT2D eigenvalue weighted by molar-refractivity contribution is 6.31. The van der Waals surface area contributed by atoms with Crippen LogP contribution in [0, 0.1) is 5.92 Å². The number of hydrogen-bond donors (Lipinski definition) is 0. The summed E-state index contributed by atoms with van der Waals surface area (Å²) < 4.78 is 11.5. The molecule has 2 aliphatic rings. The number of rotatable bonds is 6. The molecular weight excluding hydrogens is 360 g/mol. The van der Waals surface area contributed by atoms with Crippen LogP contribution in [0.1, 0.15) is 12.0 Å². The van der Waals surface area contributed by atoms with Gasteiger partial charge in [0.05, 0.1) is 6.61 Å². The summed E-state index contributed by atoms with van der Waals surface area (Å²) in [6.07, 6.45) is 1.21. The molecule has 0 spiro atoms. The molecule has 4 nitrogen and oxygen atoms in total. The van der Waals surface area contributed by atoms with E-state index in [1.807, 2.05) is 30.3 Å². The second-order valence-electron chi connectivity index (χ2n) is 7.39. The molecular formula is C22H27ClN2O2. The Hall–Kier alpha value is -1.75. The molecule has 0 aliphatic carbocycles. The Labute approximate surface area is 166 Å². The van der Waals surface area contributed by atoms with Crippen molar-refractivity contribution < 1.29 is 9.47 Å². The topological polar surface area (TPSA) is 24.9 Å². The minimum atomic E-state index is 0.486. The van der Waals surface area contributed by atoms with Gasteiger partial charge in [0.25, 0.3) is 0 Å². The Bertz CT molecular complexity index is 741. The fourth-order valence-electron chi connectivity index (χ4n) is 3.83. The molecule has 0 saturated carbocycles. The van der Waals surface area contributed by atoms with Crippen molar-refractivity contribution >= 4 is 17.3 Å². The fraction of sp³-hybridized carbons (Fsp3) is 0.455. The van der Waals surface area contributed by atoms with E-state index in [1.165, 1.54) is 18.7 Å². The van der Waals surface area contributed by atoms with Gasteiger partial charge in [0.2, 0.25) is 0 Å². The second kappa shape index (κ2) is 8.96.